The standard InChI is InChI=1S/C20H24O.C19H22O/c1-3-4-8-17-10-12-18(13-11-17)14-20(21)15-19-9-6-5-7-16(19)2;1-3-4-16-9-11-18(12-10-16)14-19(20)13-17-7-5-15(2)6-8-17/h5-7,9-13H,3-4,8,14-15H2,1-2H3;5-12H,3-4,13-14H2,1-2H3. The molecule has 0 saturated carbocycles. The van der Waals surface area contributed by atoms with Crippen molar-refractivity contribution in [1.82, 2.24) is 0 Å². The van der Waals surface area contributed by atoms with E-state index in [-0.39, 0.29) is 11.6 Å². The minimum Gasteiger partial charge on any atom is -0.299 e. The fourth-order valence-corrected chi connectivity index (χ4v) is 4.85. The molecule has 41 heavy (non-hydrogen) atoms. The number of rotatable bonds is 13. The normalized spacial score (nSPS) is 10.5. The summed E-state index contributed by atoms with van der Waals surface area (Å²) in [6, 6.07) is 33.3. The van der Waals surface area contributed by atoms with Crippen molar-refractivity contribution in [2.75, 3.05) is 0 Å². The van der Waals surface area contributed by atoms with Gasteiger partial charge in [-0.05, 0) is 72.1 Å². The Morgan fingerprint density at radius 1 is 0.488 bits per heavy atom. The van der Waals surface area contributed by atoms with Crippen LogP contribution in [0.1, 0.15) is 77.6 Å². The maximum Gasteiger partial charge on any atom is 0.141 e. The first-order valence-corrected chi connectivity index (χ1v) is 15.1. The van der Waals surface area contributed by atoms with Crippen molar-refractivity contribution in [2.45, 2.75) is 85.5 Å². The highest BCUT2D eigenvalue weighted by Crippen LogP contribution is 2.13. The van der Waals surface area contributed by atoms with E-state index in [1.807, 2.05) is 30.3 Å². The molecule has 0 saturated heterocycles. The quantitative estimate of drug-likeness (QED) is 0.168. The van der Waals surface area contributed by atoms with Gasteiger partial charge in [-0.25, -0.2) is 0 Å². The third kappa shape index (κ3) is 11.7. The average molecular weight is 547 g/mol. The SMILES string of the molecule is CCCCc1ccc(CC(=O)Cc2ccccc2C)cc1.CCCc1ccc(CC(=O)Cc2ccc(C)cc2)cc1. The predicted octanol–water partition coefficient (Wildman–Crippen LogP) is 8.99. The Labute approximate surface area is 247 Å². The van der Waals surface area contributed by atoms with Crippen molar-refractivity contribution in [3.05, 3.63) is 142 Å². The number of unbranched alkanes of at least 4 members (excludes halogenated alkanes) is 1. The number of aryl methyl sites for hydroxylation is 4. The van der Waals surface area contributed by atoms with Gasteiger partial charge in [-0.1, -0.05) is 129 Å². The summed E-state index contributed by atoms with van der Waals surface area (Å²) in [5.41, 5.74) is 9.61. The van der Waals surface area contributed by atoms with Crippen molar-refractivity contribution in [1.29, 1.82) is 0 Å². The molecule has 0 N–H and O–H groups in total. The van der Waals surface area contributed by atoms with Crippen LogP contribution in [0.25, 0.3) is 0 Å². The molecular weight excluding hydrogens is 500 g/mol. The van der Waals surface area contributed by atoms with E-state index >= 15 is 0 Å². The van der Waals surface area contributed by atoms with Crippen LogP contribution in [0.15, 0.2) is 97.1 Å². The largest absolute Gasteiger partial charge is 0.299 e. The van der Waals surface area contributed by atoms with Gasteiger partial charge in [0, 0.05) is 25.7 Å². The van der Waals surface area contributed by atoms with Crippen molar-refractivity contribution in [2.24, 2.45) is 0 Å². The Hall–Kier alpha value is -3.78. The summed E-state index contributed by atoms with van der Waals surface area (Å²) in [5, 5.41) is 0. The fourth-order valence-electron chi connectivity index (χ4n) is 4.85. The number of hydrogen-bond donors (Lipinski definition) is 0. The van der Waals surface area contributed by atoms with E-state index in [2.05, 4.69) is 94.4 Å². The van der Waals surface area contributed by atoms with Crippen molar-refractivity contribution in [3.8, 4) is 0 Å². The van der Waals surface area contributed by atoms with Gasteiger partial charge in [0.15, 0.2) is 0 Å². The van der Waals surface area contributed by atoms with Gasteiger partial charge in [0.1, 0.15) is 11.6 Å². The molecule has 214 valence electrons. The van der Waals surface area contributed by atoms with Gasteiger partial charge in [-0.3, -0.25) is 9.59 Å². The summed E-state index contributed by atoms with van der Waals surface area (Å²) in [7, 11) is 0. The Bertz CT molecular complexity index is 1350. The van der Waals surface area contributed by atoms with Crippen molar-refractivity contribution >= 4 is 11.6 Å². The molecule has 0 aliphatic carbocycles. The number of carbonyl (C=O) groups is 2. The van der Waals surface area contributed by atoms with Crippen LogP contribution in [0.3, 0.4) is 0 Å². The summed E-state index contributed by atoms with van der Waals surface area (Å²) in [5.74, 6) is 0.558. The van der Waals surface area contributed by atoms with E-state index < -0.39 is 0 Å². The number of Topliss-reactive ketones (excluding diaryl/α,β-unsaturated/α-hetero) is 2. The van der Waals surface area contributed by atoms with Crippen molar-refractivity contribution < 1.29 is 9.59 Å². The molecule has 0 aliphatic heterocycles. The molecule has 2 heteroatoms. The summed E-state index contributed by atoms with van der Waals surface area (Å²) in [4.78, 5) is 24.3. The number of benzene rings is 4. The molecule has 0 amide bonds. The lowest BCUT2D eigenvalue weighted by Gasteiger charge is -2.06. The van der Waals surface area contributed by atoms with Gasteiger partial charge >= 0.3 is 0 Å². The molecule has 0 aromatic heterocycles. The molecule has 0 fully saturated rings. The topological polar surface area (TPSA) is 34.1 Å². The second-order valence-electron chi connectivity index (χ2n) is 11.2. The highest BCUT2D eigenvalue weighted by molar-refractivity contribution is 5.83. The van der Waals surface area contributed by atoms with Gasteiger partial charge in [0.25, 0.3) is 0 Å². The van der Waals surface area contributed by atoms with Crippen LogP contribution < -0.4 is 0 Å². The summed E-state index contributed by atoms with van der Waals surface area (Å²) >= 11 is 0. The smallest absolute Gasteiger partial charge is 0.141 e. The molecule has 0 bridgehead atoms. The van der Waals surface area contributed by atoms with E-state index in [9.17, 15) is 9.59 Å². The van der Waals surface area contributed by atoms with E-state index in [0.29, 0.717) is 25.7 Å². The van der Waals surface area contributed by atoms with Gasteiger partial charge < -0.3 is 0 Å². The van der Waals surface area contributed by atoms with Crippen LogP contribution in [-0.4, -0.2) is 11.6 Å². The molecule has 0 spiro atoms. The third-order valence-corrected chi connectivity index (χ3v) is 7.38. The molecule has 0 heterocycles. The molecule has 4 rings (SSSR count). The molecule has 0 radical (unpaired) electrons. The molecule has 0 aliphatic rings. The zero-order chi connectivity index (χ0) is 29.5. The van der Waals surface area contributed by atoms with Crippen LogP contribution in [0, 0.1) is 13.8 Å². The minimum atomic E-state index is 0.275. The first kappa shape index (κ1) is 31.7. The second kappa shape index (κ2) is 17.1. The third-order valence-electron chi connectivity index (χ3n) is 7.38. The number of ketones is 2. The maximum absolute atomic E-state index is 12.2. The Morgan fingerprint density at radius 2 is 0.927 bits per heavy atom. The minimum absolute atomic E-state index is 0.275. The number of carbonyl (C=O) groups excluding carboxylic acids is 2. The fraction of sp³-hybridized carbons (Fsp3) is 0.333. The first-order valence-electron chi connectivity index (χ1n) is 15.1. The van der Waals surface area contributed by atoms with Crippen molar-refractivity contribution in [3.63, 3.8) is 0 Å². The molecule has 2 nitrogen and oxygen atoms in total. The van der Waals surface area contributed by atoms with Gasteiger partial charge in [-0.2, -0.15) is 0 Å². The maximum atomic E-state index is 12.2. The van der Waals surface area contributed by atoms with Crippen LogP contribution in [0.5, 0.6) is 0 Å². The highest BCUT2D eigenvalue weighted by atomic mass is 16.1. The zero-order valence-corrected chi connectivity index (χ0v) is 25.4. The van der Waals surface area contributed by atoms with E-state index in [0.717, 1.165) is 41.5 Å². The lowest BCUT2D eigenvalue weighted by molar-refractivity contribution is -0.118. The molecule has 0 unspecified atom stereocenters. The molecule has 4 aromatic rings. The predicted molar refractivity (Wildman–Crippen MR) is 173 cm³/mol. The Morgan fingerprint density at radius 3 is 1.41 bits per heavy atom. The summed E-state index contributed by atoms with van der Waals surface area (Å²) < 4.78 is 0. The number of hydrogen-bond acceptors (Lipinski definition) is 2. The van der Waals surface area contributed by atoms with Crippen LogP contribution in [-0.2, 0) is 48.1 Å². The van der Waals surface area contributed by atoms with Gasteiger partial charge in [-0.15, -0.1) is 0 Å². The lowest BCUT2D eigenvalue weighted by atomic mass is 9.98. The zero-order valence-electron chi connectivity index (χ0n) is 25.4. The highest BCUT2D eigenvalue weighted by Gasteiger charge is 2.08. The molecule has 0 atom stereocenters. The van der Waals surface area contributed by atoms with E-state index in [1.165, 1.54) is 35.1 Å². The lowest BCUT2D eigenvalue weighted by Crippen LogP contribution is -2.07. The second-order valence-corrected chi connectivity index (χ2v) is 11.2. The van der Waals surface area contributed by atoms with Crippen LogP contribution in [0.2, 0.25) is 0 Å². The molecule has 4 aromatic carbocycles. The van der Waals surface area contributed by atoms with Gasteiger partial charge in [0.2, 0.25) is 0 Å². The van der Waals surface area contributed by atoms with Crippen LogP contribution in [0.4, 0.5) is 0 Å². The first-order chi connectivity index (χ1) is 19.9. The molecular formula is C39H46O2. The van der Waals surface area contributed by atoms with Crippen LogP contribution >= 0.6 is 0 Å². The van der Waals surface area contributed by atoms with E-state index in [1.54, 1.807) is 0 Å². The monoisotopic (exact) mass is 546 g/mol. The Balaban J connectivity index is 0.000000226. The van der Waals surface area contributed by atoms with E-state index in [4.69, 9.17) is 0 Å². The summed E-state index contributed by atoms with van der Waals surface area (Å²) in [6.45, 7) is 8.51. The average Bonchev–Trinajstić information content (AvgIpc) is 2.97. The van der Waals surface area contributed by atoms with Gasteiger partial charge in [0.05, 0.1) is 0 Å². The Kier molecular flexibility index (Phi) is 13.3. The summed E-state index contributed by atoms with van der Waals surface area (Å²) in [6.07, 6.45) is 7.96.